The number of nitrogens with zero attached hydrogens (tertiary/aromatic N) is 1. The lowest BCUT2D eigenvalue weighted by Gasteiger charge is -1.92. The Kier molecular flexibility index (Phi) is 8.02. The van der Waals surface area contributed by atoms with Gasteiger partial charge < -0.3 is 4.84 Å². The molecule has 10 heavy (non-hydrogen) atoms. The summed E-state index contributed by atoms with van der Waals surface area (Å²) < 4.78 is 0. The van der Waals surface area contributed by atoms with Gasteiger partial charge in [0.1, 0.15) is 7.11 Å². The number of rotatable bonds is 6. The third kappa shape index (κ3) is 7.47. The van der Waals surface area contributed by atoms with Gasteiger partial charge in [-0.2, -0.15) is 0 Å². The summed E-state index contributed by atoms with van der Waals surface area (Å²) >= 11 is 0. The molecule has 2 heteroatoms. The van der Waals surface area contributed by atoms with Crippen LogP contribution in [0.15, 0.2) is 5.16 Å². The molecule has 0 radical (unpaired) electrons. The molecule has 2 nitrogen and oxygen atoms in total. The molecule has 0 rings (SSSR count). The van der Waals surface area contributed by atoms with E-state index in [0.29, 0.717) is 0 Å². The summed E-state index contributed by atoms with van der Waals surface area (Å²) in [6.07, 6.45) is 8.05. The summed E-state index contributed by atoms with van der Waals surface area (Å²) in [5.74, 6) is 0. The van der Waals surface area contributed by atoms with Gasteiger partial charge in [0, 0.05) is 6.21 Å². The van der Waals surface area contributed by atoms with Crippen molar-refractivity contribution in [1.29, 1.82) is 0 Å². The van der Waals surface area contributed by atoms with Crippen LogP contribution in [-0.2, 0) is 4.84 Å². The highest BCUT2D eigenvalue weighted by Gasteiger charge is 1.83. The molecule has 0 unspecified atom stereocenters. The van der Waals surface area contributed by atoms with Gasteiger partial charge in [-0.1, -0.05) is 31.3 Å². The van der Waals surface area contributed by atoms with Gasteiger partial charge >= 0.3 is 0 Å². The molecule has 0 aliphatic heterocycles. The monoisotopic (exact) mass is 143 g/mol. The number of unbranched alkanes of at least 4 members (excludes halogenated alkanes) is 4. The van der Waals surface area contributed by atoms with E-state index in [4.69, 9.17) is 0 Å². The topological polar surface area (TPSA) is 21.6 Å². The van der Waals surface area contributed by atoms with Gasteiger partial charge in [-0.3, -0.25) is 0 Å². The van der Waals surface area contributed by atoms with Crippen LogP contribution in [0.25, 0.3) is 0 Å². The molecular formula is C8H17NO. The quantitative estimate of drug-likeness (QED) is 0.318. The van der Waals surface area contributed by atoms with E-state index in [2.05, 4.69) is 16.9 Å². The third-order valence-corrected chi connectivity index (χ3v) is 1.37. The molecule has 0 spiro atoms. The Morgan fingerprint density at radius 2 is 2.10 bits per heavy atom. The Bertz CT molecular complexity index is 81.3. The summed E-state index contributed by atoms with van der Waals surface area (Å²) in [4.78, 5) is 4.52. The average Bonchev–Trinajstić information content (AvgIpc) is 1.97. The van der Waals surface area contributed by atoms with E-state index in [1.165, 1.54) is 25.7 Å². The van der Waals surface area contributed by atoms with Crippen molar-refractivity contribution in [3.63, 3.8) is 0 Å². The van der Waals surface area contributed by atoms with Gasteiger partial charge in [0.25, 0.3) is 0 Å². The van der Waals surface area contributed by atoms with Gasteiger partial charge in [-0.15, -0.1) is 0 Å². The molecule has 0 aliphatic rings. The molecule has 0 fully saturated rings. The zero-order chi connectivity index (χ0) is 7.66. The van der Waals surface area contributed by atoms with Crippen molar-refractivity contribution in [2.24, 2.45) is 5.16 Å². The second-order valence-corrected chi connectivity index (χ2v) is 2.32. The normalized spacial score (nSPS) is 10.6. The van der Waals surface area contributed by atoms with Crippen molar-refractivity contribution in [2.45, 2.75) is 39.0 Å². The molecule has 0 bridgehead atoms. The Balaban J connectivity index is 2.83. The lowest BCUT2D eigenvalue weighted by molar-refractivity contribution is 0.214. The fourth-order valence-corrected chi connectivity index (χ4v) is 0.790. The SMILES string of the molecule is CCCCCC/C=N/OC. The van der Waals surface area contributed by atoms with Gasteiger partial charge in [0.2, 0.25) is 0 Å². The van der Waals surface area contributed by atoms with Gasteiger partial charge in [0.15, 0.2) is 0 Å². The van der Waals surface area contributed by atoms with E-state index >= 15 is 0 Å². The first kappa shape index (κ1) is 9.47. The Labute approximate surface area is 63.3 Å². The lowest BCUT2D eigenvalue weighted by Crippen LogP contribution is -1.79. The molecule has 0 heterocycles. The standard InChI is InChI=1S/C8H17NO/c1-3-4-5-6-7-8-9-10-2/h8H,3-7H2,1-2H3/b9-8+. The van der Waals surface area contributed by atoms with E-state index in [0.717, 1.165) is 6.42 Å². The Hall–Kier alpha value is -0.530. The maximum Gasteiger partial charge on any atom is 0.106 e. The van der Waals surface area contributed by atoms with Crippen LogP contribution in [-0.4, -0.2) is 13.3 Å². The average molecular weight is 143 g/mol. The number of oxime groups is 1. The highest BCUT2D eigenvalue weighted by molar-refractivity contribution is 5.55. The maximum absolute atomic E-state index is 4.52. The fourth-order valence-electron chi connectivity index (χ4n) is 0.790. The van der Waals surface area contributed by atoms with Crippen LogP contribution in [0, 0.1) is 0 Å². The molecule has 0 aromatic carbocycles. The fraction of sp³-hybridized carbons (Fsp3) is 0.875. The van der Waals surface area contributed by atoms with E-state index in [1.807, 2.05) is 6.21 Å². The zero-order valence-electron chi connectivity index (χ0n) is 6.97. The molecule has 0 saturated heterocycles. The van der Waals surface area contributed by atoms with Crippen LogP contribution in [0.1, 0.15) is 39.0 Å². The van der Waals surface area contributed by atoms with Crippen molar-refractivity contribution < 1.29 is 4.84 Å². The summed E-state index contributed by atoms with van der Waals surface area (Å²) in [5, 5.41) is 3.64. The number of hydrogen-bond acceptors (Lipinski definition) is 2. The van der Waals surface area contributed by atoms with E-state index < -0.39 is 0 Å². The van der Waals surface area contributed by atoms with E-state index in [-0.39, 0.29) is 0 Å². The first-order valence-corrected chi connectivity index (χ1v) is 3.96. The minimum atomic E-state index is 1.05. The minimum Gasteiger partial charge on any atom is -0.399 e. The van der Waals surface area contributed by atoms with Gasteiger partial charge in [0.05, 0.1) is 0 Å². The first-order chi connectivity index (χ1) is 4.91. The first-order valence-electron chi connectivity index (χ1n) is 3.96. The molecule has 0 N–H and O–H groups in total. The highest BCUT2D eigenvalue weighted by atomic mass is 16.6. The lowest BCUT2D eigenvalue weighted by atomic mass is 10.2. The van der Waals surface area contributed by atoms with Gasteiger partial charge in [-0.05, 0) is 12.8 Å². The van der Waals surface area contributed by atoms with Crippen LogP contribution >= 0.6 is 0 Å². The summed E-state index contributed by atoms with van der Waals surface area (Å²) in [5.41, 5.74) is 0. The zero-order valence-corrected chi connectivity index (χ0v) is 6.97. The molecule has 0 saturated carbocycles. The summed E-state index contributed by atoms with van der Waals surface area (Å²) in [6, 6.07) is 0. The maximum atomic E-state index is 4.52. The van der Waals surface area contributed by atoms with Crippen molar-refractivity contribution in [2.75, 3.05) is 7.11 Å². The molecule has 0 aromatic heterocycles. The third-order valence-electron chi connectivity index (χ3n) is 1.37. The van der Waals surface area contributed by atoms with E-state index in [9.17, 15) is 0 Å². The largest absolute Gasteiger partial charge is 0.399 e. The van der Waals surface area contributed by atoms with Crippen molar-refractivity contribution in [3.8, 4) is 0 Å². The van der Waals surface area contributed by atoms with Gasteiger partial charge in [-0.25, -0.2) is 0 Å². The van der Waals surface area contributed by atoms with E-state index in [1.54, 1.807) is 7.11 Å². The molecule has 0 aliphatic carbocycles. The molecule has 0 aromatic rings. The van der Waals surface area contributed by atoms with Crippen LogP contribution in [0.5, 0.6) is 0 Å². The smallest absolute Gasteiger partial charge is 0.106 e. The minimum absolute atomic E-state index is 1.05. The molecular weight excluding hydrogens is 126 g/mol. The highest BCUT2D eigenvalue weighted by Crippen LogP contribution is 2.00. The predicted octanol–water partition coefficient (Wildman–Crippen LogP) is 2.59. The second-order valence-electron chi connectivity index (χ2n) is 2.32. The number of hydrogen-bond donors (Lipinski definition) is 0. The van der Waals surface area contributed by atoms with Crippen molar-refractivity contribution >= 4 is 6.21 Å². The van der Waals surface area contributed by atoms with Crippen LogP contribution in [0.4, 0.5) is 0 Å². The molecule has 0 atom stereocenters. The van der Waals surface area contributed by atoms with Crippen LogP contribution in [0.2, 0.25) is 0 Å². The van der Waals surface area contributed by atoms with Crippen molar-refractivity contribution in [1.82, 2.24) is 0 Å². The molecule has 0 amide bonds. The van der Waals surface area contributed by atoms with Crippen molar-refractivity contribution in [3.05, 3.63) is 0 Å². The predicted molar refractivity (Wildman–Crippen MR) is 44.3 cm³/mol. The van der Waals surface area contributed by atoms with Crippen LogP contribution in [0.3, 0.4) is 0 Å². The summed E-state index contributed by atoms with van der Waals surface area (Å²) in [6.45, 7) is 2.21. The Morgan fingerprint density at radius 3 is 2.70 bits per heavy atom. The van der Waals surface area contributed by atoms with Crippen LogP contribution < -0.4 is 0 Å². The Morgan fingerprint density at radius 1 is 1.30 bits per heavy atom. The summed E-state index contributed by atoms with van der Waals surface area (Å²) in [7, 11) is 1.57. The second kappa shape index (κ2) is 8.47. The molecule has 60 valence electrons.